The molecular formula is CH4N2Na2O4S2. The zero-order valence-electron chi connectivity index (χ0n) is 6.10. The molecule has 6 nitrogen and oxygen atoms in total. The summed E-state index contributed by atoms with van der Waals surface area (Å²) in [4.78, 5) is 9.00. The Balaban J connectivity index is -0.0000000383. The Bertz CT molecular complexity index is 167. The topological polar surface area (TPSA) is 132 Å². The maximum absolute atomic E-state index is 9.00. The number of nitrogens with two attached hydrogens (primary N) is 2. The van der Waals surface area contributed by atoms with Gasteiger partial charge in [-0.1, -0.05) is 0 Å². The van der Waals surface area contributed by atoms with Crippen molar-refractivity contribution < 1.29 is 77.2 Å². The van der Waals surface area contributed by atoms with Gasteiger partial charge in [0.05, 0.1) is 0 Å². The van der Waals surface area contributed by atoms with Crippen LogP contribution in [0.3, 0.4) is 0 Å². The molecule has 0 aromatic carbocycles. The fraction of sp³-hybridized carbons (Fsp3) is 0. The predicted molar refractivity (Wildman–Crippen MR) is 30.8 cm³/mol. The van der Waals surface area contributed by atoms with Gasteiger partial charge in [0.15, 0.2) is 0 Å². The van der Waals surface area contributed by atoms with Crippen molar-refractivity contribution in [3.05, 3.63) is 0 Å². The van der Waals surface area contributed by atoms with Gasteiger partial charge in [-0.15, -0.1) is 9.05 Å². The Kier molecular flexibility index (Phi) is 24.1. The Labute approximate surface area is 113 Å². The Morgan fingerprint density at radius 1 is 1.27 bits per heavy atom. The van der Waals surface area contributed by atoms with E-state index in [1.807, 2.05) is 0 Å². The molecule has 10 heteroatoms. The molecule has 0 aliphatic carbocycles. The van der Waals surface area contributed by atoms with Gasteiger partial charge in [0.25, 0.3) is 0 Å². The maximum atomic E-state index is 9.00. The zero-order valence-corrected chi connectivity index (χ0v) is 11.7. The molecule has 0 atom stereocenters. The van der Waals surface area contributed by atoms with Gasteiger partial charge >= 0.3 is 65.1 Å². The van der Waals surface area contributed by atoms with Gasteiger partial charge < -0.3 is 20.6 Å². The first-order valence-electron chi connectivity index (χ1n) is 1.45. The van der Waals surface area contributed by atoms with E-state index in [1.54, 1.807) is 0 Å². The standard InChI is InChI=1S/CH4N2O.2Na.H2O3S2/c2-1(3)4;;;1-5(2,3)4/h(H4,2,3,4);;;(H2,1,2,3,4)/q;2*+1;/p-2. The van der Waals surface area contributed by atoms with Crippen molar-refractivity contribution in [1.29, 1.82) is 0 Å². The zero-order chi connectivity index (χ0) is 8.08. The molecule has 0 aromatic rings. The first-order chi connectivity index (χ1) is 3.73. The maximum Gasteiger partial charge on any atom is 1.00 e. The molecule has 0 fully saturated rings. The van der Waals surface area contributed by atoms with Crippen LogP contribution in [0.5, 0.6) is 0 Å². The summed E-state index contributed by atoms with van der Waals surface area (Å²) in [6, 6.07) is -0.833. The van der Waals surface area contributed by atoms with Crippen LogP contribution >= 0.6 is 0 Å². The van der Waals surface area contributed by atoms with Crippen LogP contribution in [0.15, 0.2) is 0 Å². The van der Waals surface area contributed by atoms with Gasteiger partial charge in [-0.05, 0) is 11.2 Å². The van der Waals surface area contributed by atoms with Crippen molar-refractivity contribution in [2.24, 2.45) is 11.5 Å². The van der Waals surface area contributed by atoms with Gasteiger partial charge in [0.2, 0.25) is 0 Å². The van der Waals surface area contributed by atoms with E-state index in [1.165, 1.54) is 0 Å². The number of carbonyl (C=O) groups is 1. The number of hydrogen-bond donors (Lipinski definition) is 2. The van der Waals surface area contributed by atoms with E-state index in [4.69, 9.17) is 18.1 Å². The van der Waals surface area contributed by atoms with Crippen LogP contribution < -0.4 is 70.6 Å². The van der Waals surface area contributed by atoms with Crippen LogP contribution in [-0.2, 0) is 20.2 Å². The van der Waals surface area contributed by atoms with Crippen molar-refractivity contribution in [1.82, 2.24) is 0 Å². The molecular weight excluding hydrogens is 214 g/mol. The minimum absolute atomic E-state index is 0. The van der Waals surface area contributed by atoms with Crippen molar-refractivity contribution in [3.63, 3.8) is 0 Å². The second-order valence-corrected chi connectivity index (χ2v) is 2.85. The van der Waals surface area contributed by atoms with Crippen molar-refractivity contribution >= 4 is 26.3 Å². The molecule has 0 unspecified atom stereocenters. The van der Waals surface area contributed by atoms with Crippen LogP contribution in [0.1, 0.15) is 0 Å². The molecule has 0 spiro atoms. The molecule has 2 amide bonds. The third-order valence-electron chi connectivity index (χ3n) is 0. The van der Waals surface area contributed by atoms with E-state index in [-0.39, 0.29) is 59.1 Å². The van der Waals surface area contributed by atoms with E-state index in [9.17, 15) is 0 Å². The molecule has 0 heterocycles. The molecule has 0 rings (SSSR count). The van der Waals surface area contributed by atoms with Crippen LogP contribution in [0, 0.1) is 0 Å². The monoisotopic (exact) mass is 218 g/mol. The summed E-state index contributed by atoms with van der Waals surface area (Å²) in [6.45, 7) is 0. The molecule has 11 heavy (non-hydrogen) atoms. The van der Waals surface area contributed by atoms with Crippen molar-refractivity contribution in [2.75, 3.05) is 0 Å². The summed E-state index contributed by atoms with van der Waals surface area (Å²) in [5.74, 6) is 0. The second-order valence-electron chi connectivity index (χ2n) is 0.811. The third-order valence-corrected chi connectivity index (χ3v) is 0. The number of hydrogen-bond acceptors (Lipinski definition) is 5. The minimum atomic E-state index is -4.33. The van der Waals surface area contributed by atoms with Crippen LogP contribution in [-0.4, -0.2) is 19.3 Å². The largest absolute Gasteiger partial charge is 1.00 e. The summed E-state index contributed by atoms with van der Waals surface area (Å²) >= 11 is 3.24. The van der Waals surface area contributed by atoms with E-state index in [0.717, 1.165) is 0 Å². The van der Waals surface area contributed by atoms with Gasteiger partial charge in [0, 0.05) is 0 Å². The number of primary amides is 2. The molecule has 0 aliphatic rings. The van der Waals surface area contributed by atoms with Crippen molar-refractivity contribution in [2.45, 2.75) is 0 Å². The van der Waals surface area contributed by atoms with Crippen LogP contribution in [0.4, 0.5) is 4.79 Å². The summed E-state index contributed by atoms with van der Waals surface area (Å²) in [5, 5.41) is 0. The number of amides is 2. The number of rotatable bonds is 0. The molecule has 0 aliphatic heterocycles. The fourth-order valence-electron chi connectivity index (χ4n) is 0. The fourth-order valence-corrected chi connectivity index (χ4v) is 0. The first kappa shape index (κ1) is 22.9. The van der Waals surface area contributed by atoms with E-state index < -0.39 is 15.1 Å². The Morgan fingerprint density at radius 3 is 1.27 bits per heavy atom. The molecule has 0 saturated heterocycles. The van der Waals surface area contributed by atoms with Crippen LogP contribution in [0.2, 0.25) is 0 Å². The summed E-state index contributed by atoms with van der Waals surface area (Å²) in [7, 11) is -4.33. The van der Waals surface area contributed by atoms with Gasteiger partial charge in [-0.25, -0.2) is 4.79 Å². The summed E-state index contributed by atoms with van der Waals surface area (Å²) in [5.41, 5.74) is 8.50. The summed E-state index contributed by atoms with van der Waals surface area (Å²) in [6.07, 6.45) is 0. The van der Waals surface area contributed by atoms with Gasteiger partial charge in [-0.3, -0.25) is 4.21 Å². The van der Waals surface area contributed by atoms with E-state index >= 15 is 0 Å². The predicted octanol–water partition coefficient (Wildman–Crippen LogP) is -7.97. The second kappa shape index (κ2) is 11.6. The first-order valence-corrected chi connectivity index (χ1v) is 3.78. The molecule has 4 N–H and O–H groups in total. The van der Waals surface area contributed by atoms with E-state index in [2.05, 4.69) is 22.7 Å². The van der Waals surface area contributed by atoms with Gasteiger partial charge in [0.1, 0.15) is 0 Å². The number of urea groups is 1. The molecule has 0 aromatic heterocycles. The third kappa shape index (κ3) is 434. The normalized spacial score (nSPS) is 7.45. The molecule has 56 valence electrons. The Hall–Kier alpha value is 1.56. The quantitative estimate of drug-likeness (QED) is 0.389. The SMILES string of the molecule is NC(N)=O.O=S([O-])([O-])=S.[Na+].[Na+]. The average Bonchev–Trinajstić information content (AvgIpc) is 1.19. The molecule has 0 saturated carbocycles. The molecule has 0 bridgehead atoms. The van der Waals surface area contributed by atoms with Crippen LogP contribution in [0.25, 0.3) is 0 Å². The average molecular weight is 218 g/mol. The smallest absolute Gasteiger partial charge is 0.780 e. The minimum Gasteiger partial charge on any atom is -0.780 e. The number of carbonyl (C=O) groups excluding carboxylic acids is 1. The molecule has 0 radical (unpaired) electrons. The van der Waals surface area contributed by atoms with E-state index in [0.29, 0.717) is 0 Å². The van der Waals surface area contributed by atoms with Crippen molar-refractivity contribution in [3.8, 4) is 0 Å². The Morgan fingerprint density at radius 2 is 1.27 bits per heavy atom. The summed E-state index contributed by atoms with van der Waals surface area (Å²) < 4.78 is 26.7. The van der Waals surface area contributed by atoms with Gasteiger partial charge in [-0.2, -0.15) is 0 Å².